The smallest absolute Gasteiger partial charge is 0.360 e. The summed E-state index contributed by atoms with van der Waals surface area (Å²) in [7, 11) is 0. The first-order valence-electron chi connectivity index (χ1n) is 5.21. The number of Topliss-reactive ketones (excluding diaryl/α,β-unsaturated/α-hetero) is 1. The predicted molar refractivity (Wildman–Crippen MR) is 60.3 cm³/mol. The summed E-state index contributed by atoms with van der Waals surface area (Å²) < 4.78 is 13.6. The number of nitrogens with zero attached hydrogens (tertiary/aromatic N) is 1. The summed E-state index contributed by atoms with van der Waals surface area (Å²) in [4.78, 5) is 34.5. The Balaban J connectivity index is 2.69. The van der Waals surface area contributed by atoms with Crippen molar-refractivity contribution in [1.82, 2.24) is 0 Å². The Morgan fingerprint density at radius 3 is 2.39 bits per heavy atom. The first-order chi connectivity index (χ1) is 8.36. The Morgan fingerprint density at radius 1 is 1.28 bits per heavy atom. The Hall–Kier alpha value is -2.24. The van der Waals surface area contributed by atoms with Crippen LogP contribution in [0.5, 0.6) is 0 Å². The third-order valence-corrected chi connectivity index (χ3v) is 2.90. The largest absolute Gasteiger partial charge is 0.478 e. The minimum Gasteiger partial charge on any atom is -0.478 e. The second-order valence-electron chi connectivity index (χ2n) is 4.10. The maximum Gasteiger partial charge on any atom is 0.360 e. The van der Waals surface area contributed by atoms with E-state index in [1.165, 1.54) is 0 Å². The molecule has 0 saturated carbocycles. The van der Waals surface area contributed by atoms with E-state index in [1.807, 2.05) is 0 Å². The number of halogens is 1. The predicted octanol–water partition coefficient (Wildman–Crippen LogP) is 1.21. The first kappa shape index (κ1) is 12.2. The Morgan fingerprint density at radius 2 is 1.83 bits per heavy atom. The van der Waals surface area contributed by atoms with E-state index in [0.29, 0.717) is 16.0 Å². The van der Waals surface area contributed by atoms with Gasteiger partial charge in [0.1, 0.15) is 0 Å². The second kappa shape index (κ2) is 3.90. The van der Waals surface area contributed by atoms with Crippen molar-refractivity contribution in [3.63, 3.8) is 0 Å². The van der Waals surface area contributed by atoms with E-state index in [2.05, 4.69) is 0 Å². The number of carbonyl (C=O) groups is 3. The minimum atomic E-state index is -2.55. The number of ketones is 1. The van der Waals surface area contributed by atoms with E-state index in [4.69, 9.17) is 5.11 Å². The average molecular weight is 251 g/mol. The number of aryl methyl sites for hydroxylation is 2. The number of hydrogen-bond acceptors (Lipinski definition) is 3. The summed E-state index contributed by atoms with van der Waals surface area (Å²) in [5, 5.41) is 8.65. The van der Waals surface area contributed by atoms with Crippen molar-refractivity contribution in [1.29, 1.82) is 0 Å². The highest BCUT2D eigenvalue weighted by atomic mass is 19.1. The molecule has 5 nitrogen and oxygen atoms in total. The molecule has 18 heavy (non-hydrogen) atoms. The van der Waals surface area contributed by atoms with Crippen LogP contribution in [0, 0.1) is 13.8 Å². The highest BCUT2D eigenvalue weighted by Gasteiger charge is 2.44. The summed E-state index contributed by atoms with van der Waals surface area (Å²) in [6.45, 7) is 3.20. The summed E-state index contributed by atoms with van der Waals surface area (Å²) in [6, 6.07) is 3.25. The van der Waals surface area contributed by atoms with Gasteiger partial charge in [-0.15, -0.1) is 0 Å². The van der Waals surface area contributed by atoms with Crippen LogP contribution in [0.2, 0.25) is 0 Å². The summed E-state index contributed by atoms with van der Waals surface area (Å²) in [5.74, 6) is -3.81. The SMILES string of the molecule is Cc1ccc(C)c2c1C(=O)C(=O)N2C(F)C(=O)O. The van der Waals surface area contributed by atoms with Crippen LogP contribution in [0.3, 0.4) is 0 Å². The van der Waals surface area contributed by atoms with Crippen molar-refractivity contribution in [2.45, 2.75) is 20.1 Å². The third-order valence-electron chi connectivity index (χ3n) is 2.90. The highest BCUT2D eigenvalue weighted by Crippen LogP contribution is 2.36. The van der Waals surface area contributed by atoms with Gasteiger partial charge in [-0.2, -0.15) is 0 Å². The number of fused-ring (bicyclic) bond motifs is 1. The Labute approximate surface area is 102 Å². The molecule has 2 rings (SSSR count). The van der Waals surface area contributed by atoms with Crippen LogP contribution in [0.1, 0.15) is 21.5 Å². The molecule has 0 spiro atoms. The molecule has 1 amide bonds. The molecule has 0 saturated heterocycles. The number of carbonyl (C=O) groups excluding carboxylic acids is 2. The quantitative estimate of drug-likeness (QED) is 0.633. The molecular weight excluding hydrogens is 241 g/mol. The lowest BCUT2D eigenvalue weighted by Crippen LogP contribution is -2.41. The zero-order chi connectivity index (χ0) is 13.6. The van der Waals surface area contributed by atoms with Crippen molar-refractivity contribution in [3.05, 3.63) is 28.8 Å². The van der Waals surface area contributed by atoms with Gasteiger partial charge < -0.3 is 5.11 Å². The minimum absolute atomic E-state index is 0.0555. The second-order valence-corrected chi connectivity index (χ2v) is 4.10. The maximum atomic E-state index is 13.6. The topological polar surface area (TPSA) is 74.7 Å². The molecule has 0 aromatic heterocycles. The van der Waals surface area contributed by atoms with Crippen molar-refractivity contribution in [2.75, 3.05) is 4.90 Å². The van der Waals surface area contributed by atoms with Gasteiger partial charge in [-0.05, 0) is 25.0 Å². The van der Waals surface area contributed by atoms with Crippen LogP contribution in [0.25, 0.3) is 0 Å². The van der Waals surface area contributed by atoms with Crippen LogP contribution in [0.15, 0.2) is 12.1 Å². The van der Waals surface area contributed by atoms with Gasteiger partial charge in [0.15, 0.2) is 0 Å². The molecule has 1 aliphatic rings. The Kier molecular flexibility index (Phi) is 2.65. The molecule has 1 unspecified atom stereocenters. The molecule has 0 aliphatic carbocycles. The van der Waals surface area contributed by atoms with Crippen LogP contribution < -0.4 is 4.90 Å². The standard InChI is InChI=1S/C12H10FNO4/c1-5-3-4-6(2)8-7(5)9(15)11(16)14(8)10(13)12(17)18/h3-4,10H,1-2H3,(H,17,18). The lowest BCUT2D eigenvalue weighted by Gasteiger charge is -2.19. The zero-order valence-electron chi connectivity index (χ0n) is 9.73. The normalized spacial score (nSPS) is 15.8. The van der Waals surface area contributed by atoms with Gasteiger partial charge in [0.05, 0.1) is 11.3 Å². The molecule has 6 heteroatoms. The summed E-state index contributed by atoms with van der Waals surface area (Å²) >= 11 is 0. The van der Waals surface area contributed by atoms with E-state index < -0.39 is 24.0 Å². The number of benzene rings is 1. The number of alkyl halides is 1. The van der Waals surface area contributed by atoms with E-state index in [9.17, 15) is 18.8 Å². The van der Waals surface area contributed by atoms with Gasteiger partial charge in [-0.3, -0.25) is 14.5 Å². The van der Waals surface area contributed by atoms with Gasteiger partial charge in [0.2, 0.25) is 0 Å². The molecule has 94 valence electrons. The number of carboxylic acid groups (broad SMARTS) is 1. The fourth-order valence-corrected chi connectivity index (χ4v) is 2.04. The fourth-order valence-electron chi connectivity index (χ4n) is 2.04. The monoisotopic (exact) mass is 251 g/mol. The molecule has 1 aromatic rings. The summed E-state index contributed by atoms with van der Waals surface area (Å²) in [6.07, 6.45) is -2.55. The van der Waals surface area contributed by atoms with Crippen LogP contribution in [-0.2, 0) is 9.59 Å². The van der Waals surface area contributed by atoms with Crippen molar-refractivity contribution < 1.29 is 23.9 Å². The van der Waals surface area contributed by atoms with Crippen LogP contribution in [0.4, 0.5) is 10.1 Å². The molecule has 0 bridgehead atoms. The van der Waals surface area contributed by atoms with E-state index >= 15 is 0 Å². The number of aliphatic carboxylic acids is 1. The number of amides is 1. The van der Waals surface area contributed by atoms with Crippen molar-refractivity contribution >= 4 is 23.3 Å². The number of hydrogen-bond donors (Lipinski definition) is 1. The third kappa shape index (κ3) is 1.49. The molecular formula is C12H10FNO4. The van der Waals surface area contributed by atoms with Gasteiger partial charge in [0, 0.05) is 0 Å². The summed E-state index contributed by atoms with van der Waals surface area (Å²) in [5.41, 5.74) is 1.15. The van der Waals surface area contributed by atoms with Gasteiger partial charge in [0.25, 0.3) is 12.1 Å². The highest BCUT2D eigenvalue weighted by molar-refractivity contribution is 6.53. The molecule has 0 fully saturated rings. The Bertz CT molecular complexity index is 582. The molecule has 1 N–H and O–H groups in total. The van der Waals surface area contributed by atoms with Crippen molar-refractivity contribution in [2.24, 2.45) is 0 Å². The maximum absolute atomic E-state index is 13.6. The van der Waals surface area contributed by atoms with Gasteiger partial charge in [-0.1, -0.05) is 12.1 Å². The fraction of sp³-hybridized carbons (Fsp3) is 0.250. The molecule has 1 aliphatic heterocycles. The lowest BCUT2D eigenvalue weighted by atomic mass is 10.0. The zero-order valence-corrected chi connectivity index (χ0v) is 9.73. The molecule has 1 heterocycles. The van der Waals surface area contributed by atoms with Gasteiger partial charge >= 0.3 is 11.9 Å². The lowest BCUT2D eigenvalue weighted by molar-refractivity contribution is -0.144. The number of carboxylic acids is 1. The molecule has 1 atom stereocenters. The van der Waals surface area contributed by atoms with E-state index in [-0.39, 0.29) is 11.3 Å². The van der Waals surface area contributed by atoms with Gasteiger partial charge in [-0.25, -0.2) is 9.18 Å². The van der Waals surface area contributed by atoms with E-state index in [1.54, 1.807) is 26.0 Å². The average Bonchev–Trinajstić information content (AvgIpc) is 2.58. The van der Waals surface area contributed by atoms with E-state index in [0.717, 1.165) is 0 Å². The number of anilines is 1. The van der Waals surface area contributed by atoms with Crippen LogP contribution >= 0.6 is 0 Å². The molecule has 1 aromatic carbocycles. The van der Waals surface area contributed by atoms with Crippen LogP contribution in [-0.4, -0.2) is 29.1 Å². The van der Waals surface area contributed by atoms with Crippen molar-refractivity contribution in [3.8, 4) is 0 Å². The number of rotatable bonds is 2. The molecule has 0 radical (unpaired) electrons. The first-order valence-corrected chi connectivity index (χ1v) is 5.21.